The third-order valence-corrected chi connectivity index (χ3v) is 6.73. The lowest BCUT2D eigenvalue weighted by Crippen LogP contribution is -2.34. The molecule has 2 heterocycles. The molecular weight excluding hydrogens is 520 g/mol. The maximum Gasteiger partial charge on any atom is 0.329 e. The molecule has 0 aliphatic carbocycles. The van der Waals surface area contributed by atoms with Crippen molar-refractivity contribution in [2.45, 2.75) is 31.7 Å². The number of nitrogens with zero attached hydrogens (tertiary/aromatic N) is 2. The predicted octanol–water partition coefficient (Wildman–Crippen LogP) is 4.41. The summed E-state index contributed by atoms with van der Waals surface area (Å²) < 4.78 is 5.47. The quantitative estimate of drug-likeness (QED) is 0.220. The first-order valence-corrected chi connectivity index (χ1v) is 12.8. The van der Waals surface area contributed by atoms with Crippen LogP contribution in [0.15, 0.2) is 66.7 Å². The van der Waals surface area contributed by atoms with Gasteiger partial charge in [0.25, 0.3) is 5.91 Å². The Hall–Kier alpha value is -4.34. The van der Waals surface area contributed by atoms with Crippen LogP contribution in [0.5, 0.6) is 5.88 Å². The molecule has 3 aromatic carbocycles. The van der Waals surface area contributed by atoms with E-state index >= 15 is 0 Å². The number of rotatable bonds is 8. The Labute approximate surface area is 229 Å². The number of hydrogen-bond acceptors (Lipinski definition) is 7. The van der Waals surface area contributed by atoms with Crippen molar-refractivity contribution in [2.24, 2.45) is 0 Å². The molecule has 0 radical (unpaired) electrons. The summed E-state index contributed by atoms with van der Waals surface area (Å²) in [5.41, 5.74) is 2.03. The number of halogens is 1. The van der Waals surface area contributed by atoms with Crippen LogP contribution >= 0.6 is 11.6 Å². The fraction of sp³-hybridized carbons (Fsp3) is 0.207. The molecule has 1 fully saturated rings. The van der Waals surface area contributed by atoms with Crippen molar-refractivity contribution >= 4 is 45.9 Å². The molecule has 1 aromatic heterocycles. The highest BCUT2D eigenvalue weighted by molar-refractivity contribution is 6.30. The smallest absolute Gasteiger partial charge is 0.329 e. The van der Waals surface area contributed by atoms with Gasteiger partial charge in [-0.1, -0.05) is 54.1 Å². The van der Waals surface area contributed by atoms with Crippen LogP contribution in [0.4, 0.5) is 5.69 Å². The average Bonchev–Trinajstić information content (AvgIpc) is 3.47. The number of carboxylic acid groups (broad SMARTS) is 1. The van der Waals surface area contributed by atoms with Crippen LogP contribution in [0.2, 0.25) is 5.15 Å². The summed E-state index contributed by atoms with van der Waals surface area (Å²) in [5, 5.41) is 17.2. The second-order valence-electron chi connectivity index (χ2n) is 9.24. The highest BCUT2D eigenvalue weighted by Gasteiger charge is 2.27. The first-order chi connectivity index (χ1) is 18.9. The molecule has 1 amide bonds. The minimum absolute atomic E-state index is 0.0472. The Morgan fingerprint density at radius 3 is 2.51 bits per heavy atom. The third-order valence-electron chi connectivity index (χ3n) is 6.42. The standard InChI is InChI=1S/C29H25ClN4O5/c30-26-22(16-25(35)36)28(39-29(38)23-6-3-13-31-23)34-24(33-26)14-17-7-11-21(12-8-17)32-27(37)20-10-9-18-4-1-2-5-19(18)15-20/h1-2,4-5,7-12,15,23,31H,3,6,13-14,16H2,(H,32,37)(H,35,36)/t23-/m0/s1. The molecule has 39 heavy (non-hydrogen) atoms. The van der Waals surface area contributed by atoms with E-state index in [2.05, 4.69) is 20.6 Å². The number of amides is 1. The van der Waals surface area contributed by atoms with E-state index in [-0.39, 0.29) is 34.7 Å². The number of fused-ring (bicyclic) bond motifs is 1. The summed E-state index contributed by atoms with van der Waals surface area (Å²) in [7, 11) is 0. The normalized spacial score (nSPS) is 14.7. The average molecular weight is 545 g/mol. The van der Waals surface area contributed by atoms with Crippen LogP contribution in [0.25, 0.3) is 10.8 Å². The molecule has 0 unspecified atom stereocenters. The van der Waals surface area contributed by atoms with E-state index in [1.54, 1.807) is 18.2 Å². The van der Waals surface area contributed by atoms with Crippen molar-refractivity contribution in [2.75, 3.05) is 11.9 Å². The predicted molar refractivity (Wildman–Crippen MR) is 146 cm³/mol. The SMILES string of the molecule is O=C(O)Cc1c(Cl)nc(Cc2ccc(NC(=O)c3ccc4ccccc4c3)cc2)nc1OC(=O)[C@@H]1CCCN1. The molecule has 1 aliphatic rings. The van der Waals surface area contributed by atoms with Gasteiger partial charge in [-0.15, -0.1) is 0 Å². The zero-order valence-electron chi connectivity index (χ0n) is 20.8. The largest absolute Gasteiger partial charge is 0.481 e. The number of aromatic nitrogens is 2. The second-order valence-corrected chi connectivity index (χ2v) is 9.60. The summed E-state index contributed by atoms with van der Waals surface area (Å²) in [4.78, 5) is 45.2. The van der Waals surface area contributed by atoms with Crippen LogP contribution in [0.1, 0.15) is 40.2 Å². The van der Waals surface area contributed by atoms with Gasteiger partial charge in [0.1, 0.15) is 17.0 Å². The maximum absolute atomic E-state index is 12.8. The Morgan fingerprint density at radius 1 is 1.03 bits per heavy atom. The topological polar surface area (TPSA) is 131 Å². The molecule has 5 rings (SSSR count). The van der Waals surface area contributed by atoms with Crippen LogP contribution in [-0.4, -0.2) is 45.5 Å². The van der Waals surface area contributed by atoms with E-state index in [0.717, 1.165) is 22.8 Å². The number of esters is 1. The van der Waals surface area contributed by atoms with E-state index in [9.17, 15) is 19.5 Å². The molecule has 0 bridgehead atoms. The second kappa shape index (κ2) is 11.6. The van der Waals surface area contributed by atoms with E-state index in [4.69, 9.17) is 16.3 Å². The Morgan fingerprint density at radius 2 is 1.79 bits per heavy atom. The summed E-state index contributed by atoms with van der Waals surface area (Å²) in [6.45, 7) is 0.705. The van der Waals surface area contributed by atoms with Gasteiger partial charge in [0.2, 0.25) is 5.88 Å². The number of benzene rings is 3. The van der Waals surface area contributed by atoms with Crippen molar-refractivity contribution in [1.82, 2.24) is 15.3 Å². The van der Waals surface area contributed by atoms with Crippen LogP contribution < -0.4 is 15.4 Å². The summed E-state index contributed by atoms with van der Waals surface area (Å²) in [6, 6.07) is 20.1. The lowest BCUT2D eigenvalue weighted by atomic mass is 10.1. The van der Waals surface area contributed by atoms with Gasteiger partial charge in [-0.25, -0.2) is 9.78 Å². The van der Waals surface area contributed by atoms with Crippen LogP contribution in [-0.2, 0) is 22.4 Å². The molecule has 0 saturated carbocycles. The van der Waals surface area contributed by atoms with Gasteiger partial charge in [0, 0.05) is 17.7 Å². The van der Waals surface area contributed by atoms with Gasteiger partial charge in [-0.05, 0) is 60.0 Å². The summed E-state index contributed by atoms with van der Waals surface area (Å²) >= 11 is 6.30. The molecule has 4 aromatic rings. The number of aliphatic carboxylic acids is 1. The third kappa shape index (κ3) is 6.39. The molecule has 1 atom stereocenters. The van der Waals surface area contributed by atoms with E-state index in [1.807, 2.05) is 48.5 Å². The van der Waals surface area contributed by atoms with E-state index in [0.29, 0.717) is 24.2 Å². The molecule has 198 valence electrons. The molecule has 1 saturated heterocycles. The molecule has 9 nitrogen and oxygen atoms in total. The highest BCUT2D eigenvalue weighted by atomic mass is 35.5. The van der Waals surface area contributed by atoms with Crippen LogP contribution in [0.3, 0.4) is 0 Å². The van der Waals surface area contributed by atoms with Gasteiger partial charge in [-0.3, -0.25) is 9.59 Å². The zero-order chi connectivity index (χ0) is 27.4. The monoisotopic (exact) mass is 544 g/mol. The zero-order valence-corrected chi connectivity index (χ0v) is 21.6. The summed E-state index contributed by atoms with van der Waals surface area (Å²) in [6.07, 6.45) is 1.24. The maximum atomic E-state index is 12.8. The lowest BCUT2D eigenvalue weighted by Gasteiger charge is -2.14. The lowest BCUT2D eigenvalue weighted by molar-refractivity contribution is -0.138. The van der Waals surface area contributed by atoms with Gasteiger partial charge in [-0.2, -0.15) is 4.98 Å². The summed E-state index contributed by atoms with van der Waals surface area (Å²) in [5.74, 6) is -1.78. The highest BCUT2D eigenvalue weighted by Crippen LogP contribution is 2.26. The number of carbonyl (C=O) groups is 3. The molecule has 10 heteroatoms. The minimum atomic E-state index is -1.15. The van der Waals surface area contributed by atoms with Gasteiger partial charge >= 0.3 is 11.9 Å². The van der Waals surface area contributed by atoms with Crippen molar-refractivity contribution in [3.8, 4) is 5.88 Å². The molecule has 1 aliphatic heterocycles. The Balaban J connectivity index is 1.30. The molecule has 0 spiro atoms. The number of nitrogens with one attached hydrogen (secondary N) is 2. The number of carboxylic acids is 1. The number of hydrogen-bond donors (Lipinski definition) is 3. The number of anilines is 1. The van der Waals surface area contributed by atoms with Crippen LogP contribution in [0, 0.1) is 0 Å². The van der Waals surface area contributed by atoms with Crippen molar-refractivity contribution < 1.29 is 24.2 Å². The Kier molecular flexibility index (Phi) is 7.81. The first kappa shape index (κ1) is 26.3. The fourth-order valence-electron chi connectivity index (χ4n) is 4.42. The van der Waals surface area contributed by atoms with Crippen molar-refractivity contribution in [3.63, 3.8) is 0 Å². The fourth-order valence-corrected chi connectivity index (χ4v) is 4.66. The van der Waals surface area contributed by atoms with E-state index < -0.39 is 24.4 Å². The number of ether oxygens (including phenoxy) is 1. The van der Waals surface area contributed by atoms with Gasteiger partial charge in [0.05, 0.1) is 12.0 Å². The molecular formula is C29H25ClN4O5. The van der Waals surface area contributed by atoms with Gasteiger partial charge in [0.15, 0.2) is 0 Å². The Bertz CT molecular complexity index is 1550. The molecule has 3 N–H and O–H groups in total. The van der Waals surface area contributed by atoms with Gasteiger partial charge < -0.3 is 20.5 Å². The minimum Gasteiger partial charge on any atom is -0.481 e. The van der Waals surface area contributed by atoms with Crippen molar-refractivity contribution in [1.29, 1.82) is 0 Å². The van der Waals surface area contributed by atoms with E-state index in [1.165, 1.54) is 0 Å². The first-order valence-electron chi connectivity index (χ1n) is 12.5. The number of carbonyl (C=O) groups excluding carboxylic acids is 2. The van der Waals surface area contributed by atoms with Crippen molar-refractivity contribution in [3.05, 3.63) is 94.4 Å².